The Balaban J connectivity index is 1.97. The van der Waals surface area contributed by atoms with Gasteiger partial charge in [-0.25, -0.2) is 0 Å². The summed E-state index contributed by atoms with van der Waals surface area (Å²) in [6.07, 6.45) is 3.00. The fraction of sp³-hybridized carbons (Fsp3) is 0.571. The average molecular weight is 310 g/mol. The molecule has 2 aromatic rings. The molecule has 0 spiro atoms. The van der Waals surface area contributed by atoms with E-state index in [0.717, 1.165) is 41.8 Å². The van der Waals surface area contributed by atoms with E-state index in [9.17, 15) is 4.79 Å². The van der Waals surface area contributed by atoms with E-state index < -0.39 is 0 Å². The molecule has 0 unspecified atom stereocenters. The van der Waals surface area contributed by atoms with Gasteiger partial charge in [0, 0.05) is 27.3 Å². The Hall–Kier alpha value is -1.60. The third-order valence-electron chi connectivity index (χ3n) is 3.40. The number of nitrogens with two attached hydrogens (primary N) is 1. The number of amides is 1. The van der Waals surface area contributed by atoms with Crippen LogP contribution in [0.3, 0.4) is 0 Å². The summed E-state index contributed by atoms with van der Waals surface area (Å²) in [5.41, 5.74) is 7.50. The van der Waals surface area contributed by atoms with Gasteiger partial charge in [0.15, 0.2) is 0 Å². The highest BCUT2D eigenvalue weighted by atomic mass is 32.1. The Morgan fingerprint density at radius 3 is 2.86 bits per heavy atom. The number of hydrogen-bond acceptors (Lipinski definition) is 5. The van der Waals surface area contributed by atoms with Crippen LogP contribution in [-0.4, -0.2) is 35.9 Å². The van der Waals surface area contributed by atoms with E-state index in [4.69, 9.17) is 10.5 Å². The van der Waals surface area contributed by atoms with Gasteiger partial charge in [-0.05, 0) is 26.2 Å². The first-order chi connectivity index (χ1) is 10.1. The average Bonchev–Trinajstić information content (AvgIpc) is 2.93. The van der Waals surface area contributed by atoms with Crippen LogP contribution in [0.15, 0.2) is 0 Å². The molecule has 0 bridgehead atoms. The number of rotatable bonds is 7. The summed E-state index contributed by atoms with van der Waals surface area (Å²) in [7, 11) is 3.56. The topological polar surface area (TPSA) is 82.2 Å². The molecular formula is C14H22N4O2S. The van der Waals surface area contributed by atoms with Crippen molar-refractivity contribution >= 4 is 33.1 Å². The number of carbonyl (C=O) groups is 1. The third-order valence-corrected chi connectivity index (χ3v) is 4.67. The van der Waals surface area contributed by atoms with Gasteiger partial charge in [0.25, 0.3) is 5.91 Å². The Morgan fingerprint density at radius 1 is 1.43 bits per heavy atom. The minimum Gasteiger partial charge on any atom is -0.397 e. The summed E-state index contributed by atoms with van der Waals surface area (Å²) in [5.74, 6) is -0.0974. The van der Waals surface area contributed by atoms with Crippen LogP contribution in [0.5, 0.6) is 0 Å². The van der Waals surface area contributed by atoms with E-state index in [-0.39, 0.29) is 5.91 Å². The molecule has 0 saturated carbocycles. The number of nitrogen functional groups attached to an aromatic ring is 1. The first-order valence-electron chi connectivity index (χ1n) is 7.05. The van der Waals surface area contributed by atoms with Crippen molar-refractivity contribution < 1.29 is 9.53 Å². The maximum Gasteiger partial charge on any atom is 0.263 e. The zero-order valence-electron chi connectivity index (χ0n) is 12.7. The molecule has 0 aromatic carbocycles. The fourth-order valence-electron chi connectivity index (χ4n) is 2.33. The molecule has 2 aromatic heterocycles. The molecule has 116 valence electrons. The van der Waals surface area contributed by atoms with Crippen LogP contribution >= 0.6 is 11.3 Å². The van der Waals surface area contributed by atoms with Gasteiger partial charge in [-0.2, -0.15) is 5.10 Å². The minimum absolute atomic E-state index is 0.0974. The van der Waals surface area contributed by atoms with Gasteiger partial charge in [0.05, 0.1) is 16.8 Å². The quantitative estimate of drug-likeness (QED) is 0.767. The van der Waals surface area contributed by atoms with Crippen molar-refractivity contribution in [3.63, 3.8) is 0 Å². The van der Waals surface area contributed by atoms with E-state index in [1.165, 1.54) is 11.3 Å². The van der Waals surface area contributed by atoms with E-state index >= 15 is 0 Å². The molecule has 21 heavy (non-hydrogen) atoms. The summed E-state index contributed by atoms with van der Waals surface area (Å²) in [4.78, 5) is 13.7. The molecule has 3 N–H and O–H groups in total. The first kappa shape index (κ1) is 15.8. The molecule has 0 radical (unpaired) electrons. The standard InChI is InChI=1S/C14H22N4O2S/c1-9-10-11(15)12(21-14(10)18(2)17-9)13(19)16-7-5-4-6-8-20-3/h4-8,15H2,1-3H3,(H,16,19). The second-order valence-corrected chi connectivity index (χ2v) is 6.04. The van der Waals surface area contributed by atoms with Crippen LogP contribution in [-0.2, 0) is 11.8 Å². The van der Waals surface area contributed by atoms with Crippen LogP contribution in [0.2, 0.25) is 0 Å². The van der Waals surface area contributed by atoms with Gasteiger partial charge in [-0.15, -0.1) is 11.3 Å². The van der Waals surface area contributed by atoms with Crippen LogP contribution in [0.25, 0.3) is 10.2 Å². The zero-order chi connectivity index (χ0) is 15.4. The van der Waals surface area contributed by atoms with Gasteiger partial charge in [-0.1, -0.05) is 0 Å². The molecule has 7 heteroatoms. The number of fused-ring (bicyclic) bond motifs is 1. The number of anilines is 1. The van der Waals surface area contributed by atoms with E-state index in [0.29, 0.717) is 17.1 Å². The Labute approximate surface area is 128 Å². The lowest BCUT2D eigenvalue weighted by Crippen LogP contribution is -2.24. The fourth-order valence-corrected chi connectivity index (χ4v) is 3.43. The van der Waals surface area contributed by atoms with Crippen molar-refractivity contribution in [2.75, 3.05) is 26.0 Å². The smallest absolute Gasteiger partial charge is 0.263 e. The number of ether oxygens (including phenoxy) is 1. The Kier molecular flexibility index (Phi) is 5.19. The normalized spacial score (nSPS) is 11.2. The molecule has 1 amide bonds. The lowest BCUT2D eigenvalue weighted by molar-refractivity contribution is 0.0957. The van der Waals surface area contributed by atoms with Gasteiger partial charge in [-0.3, -0.25) is 9.48 Å². The SMILES string of the molecule is COCCCCCNC(=O)c1sc2c(c(C)nn2C)c1N. The maximum absolute atomic E-state index is 12.2. The number of hydrogen-bond donors (Lipinski definition) is 2. The van der Waals surface area contributed by atoms with Crippen LogP contribution < -0.4 is 11.1 Å². The lowest BCUT2D eigenvalue weighted by atomic mass is 10.2. The molecule has 0 aliphatic carbocycles. The number of aryl methyl sites for hydroxylation is 2. The number of aromatic nitrogens is 2. The Bertz CT molecular complexity index is 632. The van der Waals surface area contributed by atoms with Crippen molar-refractivity contribution in [1.29, 1.82) is 0 Å². The van der Waals surface area contributed by atoms with Crippen molar-refractivity contribution in [3.05, 3.63) is 10.6 Å². The molecule has 0 atom stereocenters. The van der Waals surface area contributed by atoms with Gasteiger partial charge >= 0.3 is 0 Å². The third kappa shape index (κ3) is 3.36. The summed E-state index contributed by atoms with van der Waals surface area (Å²) >= 11 is 1.39. The van der Waals surface area contributed by atoms with Crippen molar-refractivity contribution in [2.24, 2.45) is 7.05 Å². The number of unbranched alkanes of at least 4 members (excludes halogenated alkanes) is 2. The predicted octanol–water partition coefficient (Wildman–Crippen LogP) is 2.07. The second kappa shape index (κ2) is 6.91. The van der Waals surface area contributed by atoms with Crippen molar-refractivity contribution in [2.45, 2.75) is 26.2 Å². The number of thiophene rings is 1. The zero-order valence-corrected chi connectivity index (χ0v) is 13.5. The molecule has 0 aliphatic heterocycles. The minimum atomic E-state index is -0.0974. The first-order valence-corrected chi connectivity index (χ1v) is 7.86. The van der Waals surface area contributed by atoms with Crippen LogP contribution in [0.1, 0.15) is 34.6 Å². The maximum atomic E-state index is 12.2. The van der Waals surface area contributed by atoms with Gasteiger partial charge in [0.2, 0.25) is 0 Å². The molecule has 0 fully saturated rings. The summed E-state index contributed by atoms with van der Waals surface area (Å²) in [6.45, 7) is 3.33. The molecule has 2 heterocycles. The molecule has 6 nitrogen and oxygen atoms in total. The number of nitrogens with one attached hydrogen (secondary N) is 1. The number of carbonyl (C=O) groups excluding carboxylic acids is 1. The highest BCUT2D eigenvalue weighted by Gasteiger charge is 2.20. The van der Waals surface area contributed by atoms with Gasteiger partial charge < -0.3 is 15.8 Å². The van der Waals surface area contributed by atoms with Crippen molar-refractivity contribution in [1.82, 2.24) is 15.1 Å². The van der Waals surface area contributed by atoms with Crippen LogP contribution in [0.4, 0.5) is 5.69 Å². The molecule has 0 saturated heterocycles. The number of nitrogens with zero attached hydrogens (tertiary/aromatic N) is 2. The second-order valence-electron chi connectivity index (χ2n) is 5.04. The molecule has 0 aliphatic rings. The van der Waals surface area contributed by atoms with E-state index in [1.807, 2.05) is 14.0 Å². The molecular weight excluding hydrogens is 288 g/mol. The number of methoxy groups -OCH3 is 1. The lowest BCUT2D eigenvalue weighted by Gasteiger charge is -2.04. The Morgan fingerprint density at radius 2 is 2.19 bits per heavy atom. The highest BCUT2D eigenvalue weighted by Crippen LogP contribution is 2.35. The van der Waals surface area contributed by atoms with Gasteiger partial charge in [0.1, 0.15) is 9.71 Å². The largest absolute Gasteiger partial charge is 0.397 e. The van der Waals surface area contributed by atoms with Crippen LogP contribution in [0, 0.1) is 6.92 Å². The monoisotopic (exact) mass is 310 g/mol. The van der Waals surface area contributed by atoms with E-state index in [1.54, 1.807) is 11.8 Å². The molecule has 2 rings (SSSR count). The predicted molar refractivity (Wildman–Crippen MR) is 85.8 cm³/mol. The highest BCUT2D eigenvalue weighted by molar-refractivity contribution is 7.21. The van der Waals surface area contributed by atoms with Crippen molar-refractivity contribution in [3.8, 4) is 0 Å². The summed E-state index contributed by atoms with van der Waals surface area (Å²) in [5, 5.41) is 8.14. The summed E-state index contributed by atoms with van der Waals surface area (Å²) < 4.78 is 6.76. The van der Waals surface area contributed by atoms with E-state index in [2.05, 4.69) is 10.4 Å². The summed E-state index contributed by atoms with van der Waals surface area (Å²) in [6, 6.07) is 0.